The van der Waals surface area contributed by atoms with Gasteiger partial charge in [-0.3, -0.25) is 4.21 Å². The van der Waals surface area contributed by atoms with Crippen molar-refractivity contribution in [2.45, 2.75) is 16.0 Å². The number of sulfone groups is 1. The third-order valence-electron chi connectivity index (χ3n) is 4.74. The Labute approximate surface area is 172 Å². The van der Waals surface area contributed by atoms with Gasteiger partial charge in [0.15, 0.2) is 15.5 Å². The molecule has 1 aromatic heterocycles. The first-order chi connectivity index (χ1) is 14.0. The summed E-state index contributed by atoms with van der Waals surface area (Å²) in [5.74, 6) is 0. The second-order valence-electron chi connectivity index (χ2n) is 6.82. The van der Waals surface area contributed by atoms with Gasteiger partial charge in [0, 0.05) is 39.0 Å². The van der Waals surface area contributed by atoms with Crippen LogP contribution in [0, 0.1) is 0 Å². The molecule has 0 aliphatic rings. The minimum atomic E-state index is -4.67. The van der Waals surface area contributed by atoms with E-state index in [2.05, 4.69) is 5.10 Å². The molecular formula is C20H15F3N2O3S2. The van der Waals surface area contributed by atoms with Gasteiger partial charge in [0.25, 0.3) is 0 Å². The molecule has 0 N–H and O–H groups in total. The van der Waals surface area contributed by atoms with E-state index < -0.39 is 32.5 Å². The largest absolute Gasteiger partial charge is 0.435 e. The minimum Gasteiger partial charge on any atom is -0.255 e. The van der Waals surface area contributed by atoms with Crippen molar-refractivity contribution >= 4 is 42.3 Å². The third kappa shape index (κ3) is 3.50. The van der Waals surface area contributed by atoms with Crippen molar-refractivity contribution in [1.29, 1.82) is 0 Å². The number of hydrogen-bond acceptors (Lipinski definition) is 4. The lowest BCUT2D eigenvalue weighted by atomic mass is 10.1. The summed E-state index contributed by atoms with van der Waals surface area (Å²) in [7, 11) is -4.69. The van der Waals surface area contributed by atoms with E-state index in [0.717, 1.165) is 10.9 Å². The molecule has 0 aliphatic heterocycles. The maximum atomic E-state index is 13.6. The van der Waals surface area contributed by atoms with Gasteiger partial charge >= 0.3 is 6.18 Å². The van der Waals surface area contributed by atoms with Gasteiger partial charge in [0.2, 0.25) is 0 Å². The average Bonchev–Trinajstić information content (AvgIpc) is 3.07. The normalized spacial score (nSPS) is 13.8. The highest BCUT2D eigenvalue weighted by Crippen LogP contribution is 2.38. The van der Waals surface area contributed by atoms with Crippen LogP contribution in [0.4, 0.5) is 13.2 Å². The van der Waals surface area contributed by atoms with Crippen molar-refractivity contribution in [3.05, 3.63) is 60.3 Å². The fraction of sp³-hybridized carbons (Fsp3) is 0.150. The van der Waals surface area contributed by atoms with E-state index in [1.807, 2.05) is 0 Å². The number of rotatable bonds is 3. The van der Waals surface area contributed by atoms with Crippen LogP contribution in [0.5, 0.6) is 0 Å². The van der Waals surface area contributed by atoms with Gasteiger partial charge in [-0.2, -0.15) is 18.3 Å². The molecule has 5 nitrogen and oxygen atoms in total. The monoisotopic (exact) mass is 452 g/mol. The molecule has 1 heterocycles. The zero-order valence-electron chi connectivity index (χ0n) is 15.8. The first-order valence-corrected chi connectivity index (χ1v) is 12.1. The molecule has 0 aliphatic carbocycles. The standard InChI is InChI=1S/C20H15F3N2O3S2/c1-29(26)14-6-10-16-12(11-14)3-9-17-18(16)25(24-19(17)20(21,22)23)13-4-7-15(8-5-13)30(2,27)28/h3-11H,1-2H3. The van der Waals surface area contributed by atoms with Crippen molar-refractivity contribution in [2.24, 2.45) is 0 Å². The topological polar surface area (TPSA) is 69.0 Å². The van der Waals surface area contributed by atoms with Crippen LogP contribution in [0.15, 0.2) is 64.4 Å². The third-order valence-corrected chi connectivity index (χ3v) is 6.79. The summed E-state index contributed by atoms with van der Waals surface area (Å²) in [6.45, 7) is 0. The Balaban J connectivity index is 2.06. The predicted octanol–water partition coefficient (Wildman–Crippen LogP) is 4.34. The van der Waals surface area contributed by atoms with Crippen LogP contribution >= 0.6 is 0 Å². The van der Waals surface area contributed by atoms with Crippen molar-refractivity contribution in [1.82, 2.24) is 9.78 Å². The molecule has 0 spiro atoms. The highest BCUT2D eigenvalue weighted by molar-refractivity contribution is 7.90. The minimum absolute atomic E-state index is 0.0543. The van der Waals surface area contributed by atoms with Crippen LogP contribution in [0.1, 0.15) is 5.69 Å². The fourth-order valence-electron chi connectivity index (χ4n) is 3.32. The number of fused-ring (bicyclic) bond motifs is 3. The molecule has 0 radical (unpaired) electrons. The van der Waals surface area contributed by atoms with E-state index in [4.69, 9.17) is 0 Å². The number of benzene rings is 3. The van der Waals surface area contributed by atoms with Gasteiger partial charge in [-0.1, -0.05) is 12.1 Å². The molecule has 10 heteroatoms. The molecule has 156 valence electrons. The summed E-state index contributed by atoms with van der Waals surface area (Å²) in [6.07, 6.45) is -2.10. The van der Waals surface area contributed by atoms with Gasteiger partial charge in [0.05, 0.1) is 16.1 Å². The summed E-state index contributed by atoms with van der Waals surface area (Å²) < 4.78 is 77.3. The number of hydrogen-bond donors (Lipinski definition) is 0. The summed E-state index contributed by atoms with van der Waals surface area (Å²) in [4.78, 5) is 0.611. The van der Waals surface area contributed by atoms with Crippen LogP contribution in [-0.4, -0.2) is 34.9 Å². The first-order valence-electron chi connectivity index (χ1n) is 8.63. The lowest BCUT2D eigenvalue weighted by molar-refractivity contribution is -0.140. The average molecular weight is 452 g/mol. The van der Waals surface area contributed by atoms with Crippen LogP contribution in [0.2, 0.25) is 0 Å². The van der Waals surface area contributed by atoms with Crippen LogP contribution in [0.3, 0.4) is 0 Å². The van der Waals surface area contributed by atoms with E-state index in [-0.39, 0.29) is 15.8 Å². The number of nitrogens with zero attached hydrogens (tertiary/aromatic N) is 2. The Morgan fingerprint density at radius 3 is 2.17 bits per heavy atom. The molecule has 0 bridgehead atoms. The molecule has 3 aromatic carbocycles. The summed E-state index contributed by atoms with van der Waals surface area (Å²) in [6, 6.07) is 13.3. The smallest absolute Gasteiger partial charge is 0.255 e. The molecule has 4 rings (SSSR count). The Hall–Kier alpha value is -2.72. The fourth-order valence-corrected chi connectivity index (χ4v) is 4.51. The maximum Gasteiger partial charge on any atom is 0.435 e. The van der Waals surface area contributed by atoms with E-state index in [1.54, 1.807) is 24.3 Å². The zero-order valence-corrected chi connectivity index (χ0v) is 17.4. The second kappa shape index (κ2) is 6.92. The molecular weight excluding hydrogens is 437 g/mol. The van der Waals surface area contributed by atoms with Crippen molar-refractivity contribution in [3.8, 4) is 5.69 Å². The molecule has 0 amide bonds. The molecule has 0 fully saturated rings. The van der Waals surface area contributed by atoms with E-state index in [1.165, 1.54) is 36.6 Å². The summed E-state index contributed by atoms with van der Waals surface area (Å²) in [5, 5.41) is 4.87. The SMILES string of the molecule is CS(=O)c1ccc2c(ccc3c(C(F)(F)F)nn(-c4ccc(S(C)(=O)=O)cc4)c32)c1. The second-order valence-corrected chi connectivity index (χ2v) is 10.2. The van der Waals surface area contributed by atoms with Gasteiger partial charge in [0.1, 0.15) is 0 Å². The first kappa shape index (κ1) is 20.5. The van der Waals surface area contributed by atoms with Crippen LogP contribution in [0.25, 0.3) is 27.4 Å². The molecule has 4 aromatic rings. The Kier molecular flexibility index (Phi) is 4.74. The highest BCUT2D eigenvalue weighted by atomic mass is 32.2. The lowest BCUT2D eigenvalue weighted by Crippen LogP contribution is -2.07. The molecule has 0 saturated heterocycles. The lowest BCUT2D eigenvalue weighted by Gasteiger charge is -2.08. The molecule has 1 unspecified atom stereocenters. The van der Waals surface area contributed by atoms with Crippen LogP contribution < -0.4 is 0 Å². The summed E-state index contributed by atoms with van der Waals surface area (Å²) >= 11 is 0. The zero-order chi connectivity index (χ0) is 21.8. The molecule has 0 saturated carbocycles. The Bertz CT molecular complexity index is 1420. The van der Waals surface area contributed by atoms with Crippen molar-refractivity contribution in [3.63, 3.8) is 0 Å². The van der Waals surface area contributed by atoms with Crippen molar-refractivity contribution in [2.75, 3.05) is 12.5 Å². The highest BCUT2D eigenvalue weighted by Gasteiger charge is 2.37. The van der Waals surface area contributed by atoms with Crippen molar-refractivity contribution < 1.29 is 25.8 Å². The Morgan fingerprint density at radius 2 is 1.60 bits per heavy atom. The van der Waals surface area contributed by atoms with Gasteiger partial charge in [-0.05, 0) is 47.9 Å². The molecule has 1 atom stereocenters. The van der Waals surface area contributed by atoms with Gasteiger partial charge in [-0.25, -0.2) is 13.1 Å². The predicted molar refractivity (Wildman–Crippen MR) is 109 cm³/mol. The Morgan fingerprint density at radius 1 is 0.967 bits per heavy atom. The summed E-state index contributed by atoms with van der Waals surface area (Å²) in [5.41, 5.74) is -0.506. The maximum absolute atomic E-state index is 13.6. The van der Waals surface area contributed by atoms with Gasteiger partial charge < -0.3 is 0 Å². The number of halogens is 3. The quantitative estimate of drug-likeness (QED) is 0.464. The molecule has 30 heavy (non-hydrogen) atoms. The van der Waals surface area contributed by atoms with E-state index in [9.17, 15) is 25.8 Å². The number of alkyl halides is 3. The number of aromatic nitrogens is 2. The van der Waals surface area contributed by atoms with Gasteiger partial charge in [-0.15, -0.1) is 0 Å². The van der Waals surface area contributed by atoms with E-state index >= 15 is 0 Å². The van der Waals surface area contributed by atoms with E-state index in [0.29, 0.717) is 21.4 Å². The van der Waals surface area contributed by atoms with Crippen LogP contribution in [-0.2, 0) is 26.8 Å².